The summed E-state index contributed by atoms with van der Waals surface area (Å²) in [4.78, 5) is 36.1. The van der Waals surface area contributed by atoms with E-state index in [0.29, 0.717) is 25.9 Å². The molecule has 23 heavy (non-hydrogen) atoms. The van der Waals surface area contributed by atoms with Crippen molar-refractivity contribution in [1.82, 2.24) is 10.2 Å². The van der Waals surface area contributed by atoms with Crippen molar-refractivity contribution in [3.63, 3.8) is 0 Å². The van der Waals surface area contributed by atoms with Crippen molar-refractivity contribution in [2.75, 3.05) is 19.6 Å². The number of hydrogen-bond donors (Lipinski definition) is 1. The van der Waals surface area contributed by atoms with E-state index in [1.54, 1.807) is 6.92 Å². The molecular weight excluding hydrogens is 305 g/mol. The molecule has 1 aromatic rings. The average Bonchev–Trinajstić information content (AvgIpc) is 2.54. The van der Waals surface area contributed by atoms with Crippen LogP contribution in [0.15, 0.2) is 18.2 Å². The van der Waals surface area contributed by atoms with Gasteiger partial charge in [0.05, 0.1) is 10.8 Å². The van der Waals surface area contributed by atoms with Gasteiger partial charge in [-0.3, -0.25) is 19.7 Å². The predicted molar refractivity (Wildman–Crippen MR) is 80.4 cm³/mol. The molecule has 0 saturated carbocycles. The van der Waals surface area contributed by atoms with Gasteiger partial charge in [0.2, 0.25) is 5.91 Å². The first kappa shape index (κ1) is 16.9. The van der Waals surface area contributed by atoms with Gasteiger partial charge in [0.25, 0.3) is 11.6 Å². The van der Waals surface area contributed by atoms with E-state index in [2.05, 4.69) is 5.32 Å². The van der Waals surface area contributed by atoms with Crippen LogP contribution in [0.4, 0.5) is 10.1 Å². The standard InChI is InChI=1S/C15H18FN3O4/c1-2-17-14(20)10-4-3-7-18(9-10)15(21)12-8-11(16)5-6-13(12)19(22)23/h5-6,8,10H,2-4,7,9H2,1H3,(H,17,20)/t10-/m0/s1. The number of carbonyl (C=O) groups excluding carboxylic acids is 2. The van der Waals surface area contributed by atoms with Gasteiger partial charge in [-0.2, -0.15) is 0 Å². The Kier molecular flexibility index (Phi) is 5.25. The van der Waals surface area contributed by atoms with Crippen molar-refractivity contribution in [2.24, 2.45) is 5.92 Å². The Hall–Kier alpha value is -2.51. The Morgan fingerprint density at radius 3 is 2.87 bits per heavy atom. The van der Waals surface area contributed by atoms with Gasteiger partial charge < -0.3 is 10.2 Å². The number of nitro groups is 1. The minimum atomic E-state index is -0.712. The molecule has 1 heterocycles. The molecule has 1 atom stereocenters. The zero-order chi connectivity index (χ0) is 17.0. The first-order valence-corrected chi connectivity index (χ1v) is 7.45. The number of piperidine rings is 1. The summed E-state index contributed by atoms with van der Waals surface area (Å²) in [6.45, 7) is 2.87. The highest BCUT2D eigenvalue weighted by Crippen LogP contribution is 2.24. The summed E-state index contributed by atoms with van der Waals surface area (Å²) in [5.74, 6) is -1.82. The number of halogens is 1. The van der Waals surface area contributed by atoms with E-state index in [0.717, 1.165) is 18.2 Å². The molecule has 0 aromatic heterocycles. The Bertz CT molecular complexity index is 635. The molecule has 7 nitrogen and oxygen atoms in total. The molecule has 2 rings (SSSR count). The lowest BCUT2D eigenvalue weighted by Gasteiger charge is -2.32. The molecule has 1 saturated heterocycles. The van der Waals surface area contributed by atoms with Gasteiger partial charge in [-0.15, -0.1) is 0 Å². The van der Waals surface area contributed by atoms with E-state index in [1.165, 1.54) is 4.90 Å². The molecule has 1 aliphatic heterocycles. The number of carbonyl (C=O) groups is 2. The van der Waals surface area contributed by atoms with E-state index in [4.69, 9.17) is 0 Å². The molecule has 1 aromatic carbocycles. The van der Waals surface area contributed by atoms with E-state index in [9.17, 15) is 24.1 Å². The quantitative estimate of drug-likeness (QED) is 0.674. The summed E-state index contributed by atoms with van der Waals surface area (Å²) in [5.41, 5.74) is -0.719. The second kappa shape index (κ2) is 7.17. The first-order valence-electron chi connectivity index (χ1n) is 7.45. The summed E-state index contributed by atoms with van der Waals surface area (Å²) in [6.07, 6.45) is 1.28. The average molecular weight is 323 g/mol. The third-order valence-corrected chi connectivity index (χ3v) is 3.82. The van der Waals surface area contributed by atoms with Gasteiger partial charge in [-0.1, -0.05) is 0 Å². The molecule has 2 amide bonds. The number of hydrogen-bond acceptors (Lipinski definition) is 4. The van der Waals surface area contributed by atoms with Crippen molar-refractivity contribution in [3.05, 3.63) is 39.7 Å². The van der Waals surface area contributed by atoms with Crippen LogP contribution in [0, 0.1) is 21.8 Å². The number of amides is 2. The number of nitrogens with zero attached hydrogens (tertiary/aromatic N) is 2. The fourth-order valence-electron chi connectivity index (χ4n) is 2.70. The van der Waals surface area contributed by atoms with Crippen molar-refractivity contribution < 1.29 is 18.9 Å². The van der Waals surface area contributed by atoms with Gasteiger partial charge in [0, 0.05) is 25.7 Å². The fraction of sp³-hybridized carbons (Fsp3) is 0.467. The zero-order valence-electron chi connectivity index (χ0n) is 12.8. The van der Waals surface area contributed by atoms with E-state index >= 15 is 0 Å². The summed E-state index contributed by atoms with van der Waals surface area (Å²) >= 11 is 0. The monoisotopic (exact) mass is 323 g/mol. The van der Waals surface area contributed by atoms with Gasteiger partial charge in [0.15, 0.2) is 0 Å². The highest BCUT2D eigenvalue weighted by atomic mass is 19.1. The molecule has 0 unspecified atom stereocenters. The summed E-state index contributed by atoms with van der Waals surface area (Å²) in [6, 6.07) is 2.80. The molecule has 1 aliphatic rings. The van der Waals surface area contributed by atoms with Crippen LogP contribution in [-0.2, 0) is 4.79 Å². The topological polar surface area (TPSA) is 92.6 Å². The van der Waals surface area contributed by atoms with Crippen LogP contribution in [0.3, 0.4) is 0 Å². The molecule has 8 heteroatoms. The van der Waals surface area contributed by atoms with Gasteiger partial charge in [-0.25, -0.2) is 4.39 Å². The number of rotatable bonds is 4. The highest BCUT2D eigenvalue weighted by molar-refractivity contribution is 5.98. The van der Waals surface area contributed by atoms with Crippen molar-refractivity contribution in [1.29, 1.82) is 0 Å². The fourth-order valence-corrected chi connectivity index (χ4v) is 2.70. The molecule has 0 bridgehead atoms. The normalized spacial score (nSPS) is 17.7. The van der Waals surface area contributed by atoms with E-state index < -0.39 is 22.3 Å². The maximum Gasteiger partial charge on any atom is 0.282 e. The third kappa shape index (κ3) is 3.82. The Morgan fingerprint density at radius 1 is 1.48 bits per heavy atom. The minimum absolute atomic E-state index is 0.140. The predicted octanol–water partition coefficient (Wildman–Crippen LogP) is 1.72. The first-order chi connectivity index (χ1) is 10.9. The van der Waals surface area contributed by atoms with Gasteiger partial charge in [-0.05, 0) is 31.9 Å². The van der Waals surface area contributed by atoms with Crippen molar-refractivity contribution in [3.8, 4) is 0 Å². The molecule has 0 spiro atoms. The molecule has 124 valence electrons. The van der Waals surface area contributed by atoms with Crippen LogP contribution in [0.25, 0.3) is 0 Å². The number of nitrogens with one attached hydrogen (secondary N) is 1. The number of likely N-dealkylation sites (tertiary alicyclic amines) is 1. The SMILES string of the molecule is CCNC(=O)[C@H]1CCCN(C(=O)c2cc(F)ccc2[N+](=O)[O-])C1. The maximum atomic E-state index is 13.4. The summed E-state index contributed by atoms with van der Waals surface area (Å²) < 4.78 is 13.4. The largest absolute Gasteiger partial charge is 0.356 e. The number of nitro benzene ring substituents is 1. The Balaban J connectivity index is 2.21. The Labute approximate surface area is 132 Å². The van der Waals surface area contributed by atoms with Crippen LogP contribution in [0.2, 0.25) is 0 Å². The smallest absolute Gasteiger partial charge is 0.282 e. The Morgan fingerprint density at radius 2 is 2.22 bits per heavy atom. The van der Waals surface area contributed by atoms with E-state index in [-0.39, 0.29) is 23.9 Å². The minimum Gasteiger partial charge on any atom is -0.356 e. The second-order valence-electron chi connectivity index (χ2n) is 5.40. The van der Waals surface area contributed by atoms with Crippen LogP contribution >= 0.6 is 0 Å². The van der Waals surface area contributed by atoms with Crippen LogP contribution in [0.1, 0.15) is 30.1 Å². The molecule has 0 radical (unpaired) electrons. The highest BCUT2D eigenvalue weighted by Gasteiger charge is 2.31. The van der Waals surface area contributed by atoms with Crippen LogP contribution < -0.4 is 5.32 Å². The molecule has 0 aliphatic carbocycles. The van der Waals surface area contributed by atoms with Crippen LogP contribution in [-0.4, -0.2) is 41.3 Å². The summed E-state index contributed by atoms with van der Waals surface area (Å²) in [5, 5.41) is 13.7. The lowest BCUT2D eigenvalue weighted by Crippen LogP contribution is -2.45. The van der Waals surface area contributed by atoms with Gasteiger partial charge >= 0.3 is 0 Å². The van der Waals surface area contributed by atoms with E-state index in [1.807, 2.05) is 0 Å². The molecule has 1 N–H and O–H groups in total. The molecular formula is C15H18FN3O4. The van der Waals surface area contributed by atoms with Crippen molar-refractivity contribution in [2.45, 2.75) is 19.8 Å². The summed E-state index contributed by atoms with van der Waals surface area (Å²) in [7, 11) is 0. The third-order valence-electron chi connectivity index (χ3n) is 3.82. The van der Waals surface area contributed by atoms with Crippen molar-refractivity contribution >= 4 is 17.5 Å². The lowest BCUT2D eigenvalue weighted by molar-refractivity contribution is -0.385. The molecule has 1 fully saturated rings. The van der Waals surface area contributed by atoms with Crippen LogP contribution in [0.5, 0.6) is 0 Å². The lowest BCUT2D eigenvalue weighted by atomic mass is 9.96. The second-order valence-corrected chi connectivity index (χ2v) is 5.40. The zero-order valence-corrected chi connectivity index (χ0v) is 12.8. The maximum absolute atomic E-state index is 13.4. The number of benzene rings is 1. The van der Waals surface area contributed by atoms with Gasteiger partial charge in [0.1, 0.15) is 11.4 Å².